The lowest BCUT2D eigenvalue weighted by Crippen LogP contribution is -2.43. The molecule has 0 aromatic heterocycles. The molecule has 0 spiro atoms. The third kappa shape index (κ3) is 7.31. The Morgan fingerprint density at radius 2 is 1.68 bits per heavy atom. The van der Waals surface area contributed by atoms with Crippen LogP contribution in [0.1, 0.15) is 66.2 Å². The van der Waals surface area contributed by atoms with E-state index in [9.17, 15) is 0 Å². The molecule has 0 saturated heterocycles. The number of hydrogen-bond donors (Lipinski definition) is 1. The average molecular weight is 268 g/mol. The van der Waals surface area contributed by atoms with Crippen LogP contribution >= 0.6 is 0 Å². The number of hydrogen-bond acceptors (Lipinski definition) is 2. The Balaban J connectivity index is 2.33. The lowest BCUT2D eigenvalue weighted by atomic mass is 9.91. The van der Waals surface area contributed by atoms with Crippen molar-refractivity contribution in [2.75, 3.05) is 26.7 Å². The number of rotatable bonds is 7. The van der Waals surface area contributed by atoms with Crippen LogP contribution in [-0.4, -0.2) is 37.6 Å². The summed E-state index contributed by atoms with van der Waals surface area (Å²) >= 11 is 0. The van der Waals surface area contributed by atoms with Gasteiger partial charge in [0.1, 0.15) is 0 Å². The first-order valence-corrected chi connectivity index (χ1v) is 8.32. The SMILES string of the molecule is CC(C)CNCC(C)(C)CN(C)C1CCCCCC1. The minimum atomic E-state index is 0.371. The van der Waals surface area contributed by atoms with Crippen molar-refractivity contribution < 1.29 is 0 Å². The van der Waals surface area contributed by atoms with Gasteiger partial charge in [-0.05, 0) is 37.8 Å². The van der Waals surface area contributed by atoms with Gasteiger partial charge in [-0.15, -0.1) is 0 Å². The van der Waals surface area contributed by atoms with Gasteiger partial charge >= 0.3 is 0 Å². The van der Waals surface area contributed by atoms with Crippen LogP contribution in [0.3, 0.4) is 0 Å². The maximum atomic E-state index is 3.62. The van der Waals surface area contributed by atoms with Crippen molar-refractivity contribution in [2.24, 2.45) is 11.3 Å². The zero-order valence-electron chi connectivity index (χ0n) is 14.0. The Kier molecular flexibility index (Phi) is 7.38. The Bertz CT molecular complexity index is 227. The second-order valence-electron chi connectivity index (χ2n) is 7.75. The van der Waals surface area contributed by atoms with E-state index in [1.54, 1.807) is 0 Å². The summed E-state index contributed by atoms with van der Waals surface area (Å²) in [7, 11) is 2.33. The van der Waals surface area contributed by atoms with E-state index in [0.717, 1.165) is 25.0 Å². The van der Waals surface area contributed by atoms with Gasteiger partial charge in [0.25, 0.3) is 0 Å². The molecular formula is C17H36N2. The first-order chi connectivity index (χ1) is 8.91. The Hall–Kier alpha value is -0.0800. The van der Waals surface area contributed by atoms with Crippen LogP contribution in [0.15, 0.2) is 0 Å². The minimum Gasteiger partial charge on any atom is -0.316 e. The molecule has 1 aliphatic carbocycles. The van der Waals surface area contributed by atoms with E-state index in [2.05, 4.69) is 45.0 Å². The molecule has 1 saturated carbocycles. The molecule has 19 heavy (non-hydrogen) atoms. The highest BCUT2D eigenvalue weighted by Gasteiger charge is 2.24. The predicted molar refractivity (Wildman–Crippen MR) is 85.6 cm³/mol. The predicted octanol–water partition coefficient (Wildman–Crippen LogP) is 3.91. The molecule has 0 aliphatic heterocycles. The molecule has 2 nitrogen and oxygen atoms in total. The fourth-order valence-electron chi connectivity index (χ4n) is 3.26. The summed E-state index contributed by atoms with van der Waals surface area (Å²) in [5, 5.41) is 3.62. The molecule has 0 amide bonds. The van der Waals surface area contributed by atoms with Gasteiger partial charge in [-0.3, -0.25) is 0 Å². The van der Waals surface area contributed by atoms with Crippen LogP contribution in [0.2, 0.25) is 0 Å². The molecular weight excluding hydrogens is 232 g/mol. The Labute approximate surface area is 121 Å². The van der Waals surface area contributed by atoms with Crippen molar-refractivity contribution in [1.29, 1.82) is 0 Å². The zero-order valence-corrected chi connectivity index (χ0v) is 14.0. The third-order valence-corrected chi connectivity index (χ3v) is 4.28. The monoisotopic (exact) mass is 268 g/mol. The van der Waals surface area contributed by atoms with Crippen LogP contribution in [0.4, 0.5) is 0 Å². The molecule has 0 aromatic rings. The largest absolute Gasteiger partial charge is 0.316 e. The van der Waals surface area contributed by atoms with E-state index < -0.39 is 0 Å². The molecule has 2 heteroatoms. The smallest absolute Gasteiger partial charge is 0.00924 e. The van der Waals surface area contributed by atoms with E-state index in [1.165, 1.54) is 45.1 Å². The van der Waals surface area contributed by atoms with Crippen LogP contribution in [-0.2, 0) is 0 Å². The second-order valence-corrected chi connectivity index (χ2v) is 7.75. The summed E-state index contributed by atoms with van der Waals surface area (Å²) in [6, 6.07) is 0.826. The van der Waals surface area contributed by atoms with Gasteiger partial charge in [0.05, 0.1) is 0 Å². The first kappa shape index (κ1) is 17.0. The van der Waals surface area contributed by atoms with Gasteiger partial charge in [0.15, 0.2) is 0 Å². The fraction of sp³-hybridized carbons (Fsp3) is 1.00. The molecule has 1 fully saturated rings. The highest BCUT2D eigenvalue weighted by atomic mass is 15.1. The molecule has 1 rings (SSSR count). The highest BCUT2D eigenvalue weighted by molar-refractivity contribution is 4.80. The van der Waals surface area contributed by atoms with E-state index in [0.29, 0.717) is 5.41 Å². The van der Waals surface area contributed by atoms with Gasteiger partial charge in [0.2, 0.25) is 0 Å². The van der Waals surface area contributed by atoms with Crippen LogP contribution in [0, 0.1) is 11.3 Å². The van der Waals surface area contributed by atoms with E-state index in [4.69, 9.17) is 0 Å². The normalized spacial score (nSPS) is 19.1. The van der Waals surface area contributed by atoms with Gasteiger partial charge in [0, 0.05) is 19.1 Å². The third-order valence-electron chi connectivity index (χ3n) is 4.28. The molecule has 0 aromatic carbocycles. The van der Waals surface area contributed by atoms with Crippen molar-refractivity contribution in [3.05, 3.63) is 0 Å². The number of nitrogens with zero attached hydrogens (tertiary/aromatic N) is 1. The van der Waals surface area contributed by atoms with Gasteiger partial charge in [-0.2, -0.15) is 0 Å². The van der Waals surface area contributed by atoms with E-state index in [-0.39, 0.29) is 0 Å². The van der Waals surface area contributed by atoms with Gasteiger partial charge < -0.3 is 10.2 Å². The zero-order chi connectivity index (χ0) is 14.3. The Morgan fingerprint density at radius 1 is 1.11 bits per heavy atom. The first-order valence-electron chi connectivity index (χ1n) is 8.32. The van der Waals surface area contributed by atoms with Crippen molar-refractivity contribution in [1.82, 2.24) is 10.2 Å². The molecule has 114 valence electrons. The summed E-state index contributed by atoms with van der Waals surface area (Å²) in [4.78, 5) is 2.63. The molecule has 1 N–H and O–H groups in total. The van der Waals surface area contributed by atoms with Crippen molar-refractivity contribution in [2.45, 2.75) is 72.3 Å². The summed E-state index contributed by atoms with van der Waals surface area (Å²) in [6.45, 7) is 12.8. The Morgan fingerprint density at radius 3 is 2.21 bits per heavy atom. The topological polar surface area (TPSA) is 15.3 Å². The maximum Gasteiger partial charge on any atom is 0.00924 e. The second kappa shape index (κ2) is 8.26. The summed E-state index contributed by atoms with van der Waals surface area (Å²) in [6.07, 6.45) is 8.58. The van der Waals surface area contributed by atoms with Gasteiger partial charge in [-0.1, -0.05) is 53.4 Å². The lowest BCUT2D eigenvalue weighted by molar-refractivity contribution is 0.145. The summed E-state index contributed by atoms with van der Waals surface area (Å²) in [5.74, 6) is 0.746. The van der Waals surface area contributed by atoms with Crippen LogP contribution in [0.5, 0.6) is 0 Å². The van der Waals surface area contributed by atoms with E-state index in [1.807, 2.05) is 0 Å². The van der Waals surface area contributed by atoms with Crippen molar-refractivity contribution >= 4 is 0 Å². The van der Waals surface area contributed by atoms with Crippen molar-refractivity contribution in [3.8, 4) is 0 Å². The highest BCUT2D eigenvalue weighted by Crippen LogP contribution is 2.24. The van der Waals surface area contributed by atoms with E-state index >= 15 is 0 Å². The molecule has 1 aliphatic rings. The summed E-state index contributed by atoms with van der Waals surface area (Å²) in [5.41, 5.74) is 0.371. The number of nitrogens with one attached hydrogen (secondary N) is 1. The molecule has 0 radical (unpaired) electrons. The molecule has 0 atom stereocenters. The van der Waals surface area contributed by atoms with Crippen LogP contribution < -0.4 is 5.32 Å². The van der Waals surface area contributed by atoms with Crippen LogP contribution in [0.25, 0.3) is 0 Å². The lowest BCUT2D eigenvalue weighted by Gasteiger charge is -2.35. The summed E-state index contributed by atoms with van der Waals surface area (Å²) < 4.78 is 0. The van der Waals surface area contributed by atoms with Crippen molar-refractivity contribution in [3.63, 3.8) is 0 Å². The molecule has 0 unspecified atom stereocenters. The average Bonchev–Trinajstić information content (AvgIpc) is 2.55. The fourth-order valence-corrected chi connectivity index (χ4v) is 3.26. The molecule has 0 heterocycles. The maximum absolute atomic E-state index is 3.62. The van der Waals surface area contributed by atoms with Gasteiger partial charge in [-0.25, -0.2) is 0 Å². The standard InChI is InChI=1S/C17H36N2/c1-15(2)12-18-13-17(3,4)14-19(5)16-10-8-6-7-9-11-16/h15-16,18H,6-14H2,1-5H3. The molecule has 0 bridgehead atoms. The quantitative estimate of drug-likeness (QED) is 0.704. The minimum absolute atomic E-state index is 0.371.